The second-order valence-corrected chi connectivity index (χ2v) is 5.61. The summed E-state index contributed by atoms with van der Waals surface area (Å²) < 4.78 is 5.56. The van der Waals surface area contributed by atoms with E-state index in [2.05, 4.69) is 10.3 Å². The predicted octanol–water partition coefficient (Wildman–Crippen LogP) is 4.69. The van der Waals surface area contributed by atoms with E-state index in [1.807, 2.05) is 0 Å². The first-order chi connectivity index (χ1) is 12.5. The van der Waals surface area contributed by atoms with Gasteiger partial charge in [-0.3, -0.25) is 14.9 Å². The Kier molecular flexibility index (Phi) is 5.09. The van der Waals surface area contributed by atoms with Gasteiger partial charge in [0.2, 0.25) is 5.88 Å². The topological polar surface area (TPSA) is 94.4 Å². The lowest BCUT2D eigenvalue weighted by Gasteiger charge is -2.07. The summed E-state index contributed by atoms with van der Waals surface area (Å²) in [5.74, 6) is 0.306. The highest BCUT2D eigenvalue weighted by Crippen LogP contribution is 2.23. The van der Waals surface area contributed by atoms with Crippen LogP contribution in [0.25, 0.3) is 0 Å². The Bertz CT molecular complexity index is 943. The Morgan fingerprint density at radius 1 is 1.08 bits per heavy atom. The number of nitro benzene ring substituents is 1. The average molecular weight is 370 g/mol. The molecule has 0 aliphatic heterocycles. The fourth-order valence-corrected chi connectivity index (χ4v) is 2.29. The number of benzene rings is 2. The second-order valence-electron chi connectivity index (χ2n) is 5.17. The summed E-state index contributed by atoms with van der Waals surface area (Å²) in [5.41, 5.74) is 0.0937. The van der Waals surface area contributed by atoms with Gasteiger partial charge in [-0.05, 0) is 36.4 Å². The zero-order chi connectivity index (χ0) is 18.5. The monoisotopic (exact) mass is 369 g/mol. The molecule has 0 saturated carbocycles. The van der Waals surface area contributed by atoms with Gasteiger partial charge in [-0.15, -0.1) is 0 Å². The van der Waals surface area contributed by atoms with Crippen LogP contribution in [-0.2, 0) is 0 Å². The molecule has 130 valence electrons. The third-order valence-corrected chi connectivity index (χ3v) is 3.63. The van der Waals surface area contributed by atoms with Crippen molar-refractivity contribution in [3.63, 3.8) is 0 Å². The normalized spacial score (nSPS) is 10.2. The fourth-order valence-electron chi connectivity index (χ4n) is 2.16. The molecule has 0 unspecified atom stereocenters. The van der Waals surface area contributed by atoms with Gasteiger partial charge in [-0.1, -0.05) is 23.7 Å². The van der Waals surface area contributed by atoms with Crippen LogP contribution in [0.2, 0.25) is 5.02 Å². The van der Waals surface area contributed by atoms with Crippen molar-refractivity contribution in [1.82, 2.24) is 4.98 Å². The van der Waals surface area contributed by atoms with Crippen LogP contribution in [0.15, 0.2) is 66.9 Å². The summed E-state index contributed by atoms with van der Waals surface area (Å²) in [4.78, 5) is 26.8. The molecule has 1 N–H and O–H groups in total. The van der Waals surface area contributed by atoms with Crippen molar-refractivity contribution in [2.75, 3.05) is 5.32 Å². The molecule has 0 aliphatic rings. The minimum Gasteiger partial charge on any atom is -0.439 e. The van der Waals surface area contributed by atoms with Crippen molar-refractivity contribution in [2.24, 2.45) is 0 Å². The van der Waals surface area contributed by atoms with Crippen LogP contribution in [0, 0.1) is 10.1 Å². The van der Waals surface area contributed by atoms with E-state index in [0.29, 0.717) is 22.3 Å². The van der Waals surface area contributed by atoms with E-state index < -0.39 is 10.8 Å². The lowest BCUT2D eigenvalue weighted by Crippen LogP contribution is -2.14. The van der Waals surface area contributed by atoms with Crippen molar-refractivity contribution < 1.29 is 14.5 Å². The molecule has 0 saturated heterocycles. The van der Waals surface area contributed by atoms with Crippen molar-refractivity contribution >= 4 is 28.9 Å². The molecule has 3 rings (SSSR count). The molecule has 3 aromatic rings. The SMILES string of the molecule is O=C(Nc1ccc(Oc2ccc(Cl)cc2)nc1)c1ccccc1[N+](=O)[O-]. The number of hydrogen-bond donors (Lipinski definition) is 1. The van der Waals surface area contributed by atoms with Crippen molar-refractivity contribution in [3.05, 3.63) is 87.6 Å². The van der Waals surface area contributed by atoms with E-state index >= 15 is 0 Å². The van der Waals surface area contributed by atoms with E-state index in [4.69, 9.17) is 16.3 Å². The number of rotatable bonds is 5. The molecule has 2 aromatic carbocycles. The number of nitrogens with one attached hydrogen (secondary N) is 1. The van der Waals surface area contributed by atoms with Crippen LogP contribution >= 0.6 is 11.6 Å². The van der Waals surface area contributed by atoms with Gasteiger partial charge in [0.05, 0.1) is 16.8 Å². The maximum absolute atomic E-state index is 12.3. The summed E-state index contributed by atoms with van der Waals surface area (Å²) in [6, 6.07) is 15.7. The van der Waals surface area contributed by atoms with Gasteiger partial charge in [0.15, 0.2) is 0 Å². The van der Waals surface area contributed by atoms with Gasteiger partial charge in [0, 0.05) is 17.2 Å². The molecule has 8 heteroatoms. The summed E-state index contributed by atoms with van der Waals surface area (Å²) >= 11 is 5.81. The number of carbonyl (C=O) groups is 1. The van der Waals surface area contributed by atoms with Crippen LogP contribution in [0.1, 0.15) is 10.4 Å². The van der Waals surface area contributed by atoms with E-state index in [1.165, 1.54) is 24.4 Å². The molecule has 0 bridgehead atoms. The molecule has 26 heavy (non-hydrogen) atoms. The molecular weight excluding hydrogens is 358 g/mol. The molecule has 1 amide bonds. The number of carbonyl (C=O) groups excluding carboxylic acids is 1. The smallest absolute Gasteiger partial charge is 0.282 e. The Morgan fingerprint density at radius 2 is 1.81 bits per heavy atom. The number of para-hydroxylation sites is 1. The van der Waals surface area contributed by atoms with Crippen molar-refractivity contribution in [3.8, 4) is 11.6 Å². The van der Waals surface area contributed by atoms with Gasteiger partial charge in [-0.25, -0.2) is 4.98 Å². The third kappa shape index (κ3) is 4.14. The van der Waals surface area contributed by atoms with Crippen molar-refractivity contribution in [2.45, 2.75) is 0 Å². The number of amides is 1. The summed E-state index contributed by atoms with van der Waals surface area (Å²) in [6.07, 6.45) is 1.40. The fraction of sp³-hybridized carbons (Fsp3) is 0. The molecule has 1 aromatic heterocycles. The van der Waals surface area contributed by atoms with Crippen LogP contribution in [0.3, 0.4) is 0 Å². The number of pyridine rings is 1. The lowest BCUT2D eigenvalue weighted by molar-refractivity contribution is -0.385. The number of anilines is 1. The summed E-state index contributed by atoms with van der Waals surface area (Å²) in [7, 11) is 0. The van der Waals surface area contributed by atoms with E-state index in [0.717, 1.165) is 0 Å². The van der Waals surface area contributed by atoms with E-state index in [9.17, 15) is 14.9 Å². The first kappa shape index (κ1) is 17.4. The highest BCUT2D eigenvalue weighted by molar-refractivity contribution is 6.30. The van der Waals surface area contributed by atoms with Crippen LogP contribution in [-0.4, -0.2) is 15.8 Å². The third-order valence-electron chi connectivity index (χ3n) is 3.38. The van der Waals surface area contributed by atoms with Crippen molar-refractivity contribution in [1.29, 1.82) is 0 Å². The molecule has 0 aliphatic carbocycles. The van der Waals surface area contributed by atoms with E-state index in [-0.39, 0.29) is 11.3 Å². The minimum atomic E-state index is -0.601. The Hall–Kier alpha value is -3.45. The first-order valence-corrected chi connectivity index (χ1v) is 7.85. The molecule has 0 radical (unpaired) electrons. The standard InChI is InChI=1S/C18H12ClN3O4/c19-12-5-8-14(9-6-12)26-17-10-7-13(11-20-17)21-18(23)15-3-1-2-4-16(15)22(24)25/h1-11H,(H,21,23). The Labute approximate surface area is 153 Å². The number of nitrogens with zero attached hydrogens (tertiary/aromatic N) is 2. The average Bonchev–Trinajstić information content (AvgIpc) is 2.65. The quantitative estimate of drug-likeness (QED) is 0.520. The van der Waals surface area contributed by atoms with Crippen LogP contribution < -0.4 is 10.1 Å². The second kappa shape index (κ2) is 7.62. The minimum absolute atomic E-state index is 0.0287. The van der Waals surface area contributed by atoms with Crippen LogP contribution in [0.5, 0.6) is 11.6 Å². The molecular formula is C18H12ClN3O4. The number of aromatic nitrogens is 1. The lowest BCUT2D eigenvalue weighted by atomic mass is 10.1. The highest BCUT2D eigenvalue weighted by atomic mass is 35.5. The van der Waals surface area contributed by atoms with Gasteiger partial charge in [0.1, 0.15) is 11.3 Å². The number of halogens is 1. The summed E-state index contributed by atoms with van der Waals surface area (Å²) in [5, 5.41) is 14.2. The number of hydrogen-bond acceptors (Lipinski definition) is 5. The Morgan fingerprint density at radius 3 is 2.46 bits per heavy atom. The molecule has 0 atom stereocenters. The highest BCUT2D eigenvalue weighted by Gasteiger charge is 2.19. The largest absolute Gasteiger partial charge is 0.439 e. The zero-order valence-electron chi connectivity index (χ0n) is 13.3. The predicted molar refractivity (Wildman–Crippen MR) is 96.8 cm³/mol. The molecule has 1 heterocycles. The Balaban J connectivity index is 1.70. The summed E-state index contributed by atoms with van der Waals surface area (Å²) in [6.45, 7) is 0. The van der Waals surface area contributed by atoms with Gasteiger partial charge in [0.25, 0.3) is 11.6 Å². The number of nitro groups is 1. The van der Waals surface area contributed by atoms with Gasteiger partial charge < -0.3 is 10.1 Å². The molecule has 7 nitrogen and oxygen atoms in total. The van der Waals surface area contributed by atoms with Gasteiger partial charge >= 0.3 is 0 Å². The zero-order valence-corrected chi connectivity index (χ0v) is 14.0. The molecule has 0 spiro atoms. The van der Waals surface area contributed by atoms with Crippen LogP contribution in [0.4, 0.5) is 11.4 Å². The first-order valence-electron chi connectivity index (χ1n) is 7.47. The molecule has 0 fully saturated rings. The van der Waals surface area contributed by atoms with Gasteiger partial charge in [-0.2, -0.15) is 0 Å². The maximum atomic E-state index is 12.3. The van der Waals surface area contributed by atoms with E-state index in [1.54, 1.807) is 42.5 Å². The number of ether oxygens (including phenoxy) is 1. The maximum Gasteiger partial charge on any atom is 0.282 e.